The molecule has 0 fully saturated rings. The normalized spacial score (nSPS) is 10.9. The molecule has 0 radical (unpaired) electrons. The minimum absolute atomic E-state index is 0.362. The molecule has 6 heteroatoms. The van der Waals surface area contributed by atoms with Crippen LogP contribution in [0.15, 0.2) is 88.4 Å². The highest BCUT2D eigenvalue weighted by Gasteiger charge is 2.20. The molecule has 2 aromatic heterocycles. The number of rotatable bonds is 7. The Balaban J connectivity index is 1.62. The van der Waals surface area contributed by atoms with Crippen LogP contribution < -0.4 is 5.63 Å². The summed E-state index contributed by atoms with van der Waals surface area (Å²) in [6.07, 6.45) is 3.30. The van der Waals surface area contributed by atoms with Gasteiger partial charge in [0.1, 0.15) is 5.82 Å². The molecule has 5 nitrogen and oxygen atoms in total. The van der Waals surface area contributed by atoms with Crippen LogP contribution in [0, 0.1) is 5.82 Å². The van der Waals surface area contributed by atoms with E-state index in [1.54, 1.807) is 36.7 Å². The lowest BCUT2D eigenvalue weighted by Crippen LogP contribution is -2.07. The van der Waals surface area contributed by atoms with Gasteiger partial charge in [-0.05, 0) is 35.4 Å². The number of hydrogen-bond acceptors (Lipinski definition) is 4. The minimum Gasteiger partial charge on any atom is -0.375 e. The van der Waals surface area contributed by atoms with Crippen molar-refractivity contribution in [1.29, 1.82) is 0 Å². The fraction of sp³-hybridized carbons (Fsp3) is 0.130. The fourth-order valence-corrected chi connectivity index (χ4v) is 3.15. The van der Waals surface area contributed by atoms with E-state index in [2.05, 4.69) is 4.98 Å². The third-order valence-electron chi connectivity index (χ3n) is 4.52. The van der Waals surface area contributed by atoms with E-state index in [0.29, 0.717) is 36.6 Å². The van der Waals surface area contributed by atoms with E-state index in [9.17, 15) is 9.18 Å². The second kappa shape index (κ2) is 8.67. The Bertz CT molecular complexity index is 1120. The Hall–Kier alpha value is -3.51. The molecule has 0 aliphatic heterocycles. The van der Waals surface area contributed by atoms with Gasteiger partial charge in [-0.1, -0.05) is 42.5 Å². The Morgan fingerprint density at radius 2 is 1.66 bits per heavy atom. The van der Waals surface area contributed by atoms with Crippen LogP contribution in [0.3, 0.4) is 0 Å². The van der Waals surface area contributed by atoms with Gasteiger partial charge in [0, 0.05) is 18.0 Å². The van der Waals surface area contributed by atoms with Gasteiger partial charge in [-0.3, -0.25) is 4.98 Å². The standard InChI is InChI=1S/C23H19FN2O3/c24-20-8-6-18(7-9-20)21-22(19-10-12-25-13-11-19)26(29-23(21)27)14-15-28-16-17-4-2-1-3-5-17/h1-13H,14-16H2. The zero-order valence-corrected chi connectivity index (χ0v) is 15.6. The molecule has 2 aromatic carbocycles. The van der Waals surface area contributed by atoms with Crippen LogP contribution in [0.2, 0.25) is 0 Å². The van der Waals surface area contributed by atoms with Crippen molar-refractivity contribution in [1.82, 2.24) is 9.72 Å². The number of benzene rings is 2. The lowest BCUT2D eigenvalue weighted by molar-refractivity contribution is 0.0918. The second-order valence-electron chi connectivity index (χ2n) is 6.49. The van der Waals surface area contributed by atoms with Crippen molar-refractivity contribution in [2.24, 2.45) is 0 Å². The quantitative estimate of drug-likeness (QED) is 0.435. The van der Waals surface area contributed by atoms with Gasteiger partial charge in [-0.15, -0.1) is 0 Å². The number of hydrogen-bond donors (Lipinski definition) is 0. The van der Waals surface area contributed by atoms with Crippen LogP contribution in [0.4, 0.5) is 4.39 Å². The zero-order chi connectivity index (χ0) is 20.1. The highest BCUT2D eigenvalue weighted by atomic mass is 19.1. The molecular weight excluding hydrogens is 371 g/mol. The second-order valence-corrected chi connectivity index (χ2v) is 6.49. The molecule has 0 unspecified atom stereocenters. The van der Waals surface area contributed by atoms with Crippen molar-refractivity contribution in [3.05, 3.63) is 101 Å². The number of aromatic nitrogens is 2. The summed E-state index contributed by atoms with van der Waals surface area (Å²) >= 11 is 0. The Morgan fingerprint density at radius 3 is 2.38 bits per heavy atom. The van der Waals surface area contributed by atoms with Crippen molar-refractivity contribution in [3.63, 3.8) is 0 Å². The van der Waals surface area contributed by atoms with Crippen LogP contribution in [0.25, 0.3) is 22.4 Å². The number of ether oxygens (including phenoxy) is 1. The maximum Gasteiger partial charge on any atom is 0.365 e. The lowest BCUT2D eigenvalue weighted by Gasteiger charge is -2.09. The predicted molar refractivity (Wildman–Crippen MR) is 108 cm³/mol. The zero-order valence-electron chi connectivity index (χ0n) is 15.6. The molecule has 0 saturated carbocycles. The Kier molecular flexibility index (Phi) is 5.63. The van der Waals surface area contributed by atoms with Crippen LogP contribution >= 0.6 is 0 Å². The summed E-state index contributed by atoms with van der Waals surface area (Å²) < 4.78 is 26.1. The minimum atomic E-state index is -0.480. The lowest BCUT2D eigenvalue weighted by atomic mass is 10.0. The van der Waals surface area contributed by atoms with Crippen LogP contribution in [0.1, 0.15) is 5.56 Å². The topological polar surface area (TPSA) is 57.3 Å². The molecule has 0 aliphatic rings. The van der Waals surface area contributed by atoms with Crippen molar-refractivity contribution >= 4 is 0 Å². The molecule has 0 atom stereocenters. The molecule has 4 rings (SSSR count). The van der Waals surface area contributed by atoms with E-state index in [0.717, 1.165) is 11.1 Å². The number of pyridine rings is 1. The summed E-state index contributed by atoms with van der Waals surface area (Å²) in [7, 11) is 0. The van der Waals surface area contributed by atoms with Crippen LogP contribution in [-0.2, 0) is 17.9 Å². The summed E-state index contributed by atoms with van der Waals surface area (Å²) in [6.45, 7) is 1.20. The first kappa shape index (κ1) is 18.8. The predicted octanol–water partition coefficient (Wildman–Crippen LogP) is 4.53. The van der Waals surface area contributed by atoms with Crippen molar-refractivity contribution in [2.45, 2.75) is 13.2 Å². The van der Waals surface area contributed by atoms with Gasteiger partial charge in [-0.25, -0.2) is 13.9 Å². The van der Waals surface area contributed by atoms with E-state index in [1.807, 2.05) is 30.3 Å². The van der Waals surface area contributed by atoms with Crippen molar-refractivity contribution in [3.8, 4) is 22.4 Å². The van der Waals surface area contributed by atoms with Gasteiger partial charge >= 0.3 is 5.63 Å². The average molecular weight is 390 g/mol. The van der Waals surface area contributed by atoms with Crippen LogP contribution in [0.5, 0.6) is 0 Å². The molecule has 0 amide bonds. The molecule has 0 N–H and O–H groups in total. The smallest absolute Gasteiger partial charge is 0.365 e. The summed E-state index contributed by atoms with van der Waals surface area (Å²) in [5.41, 5.74) is 2.98. The molecular formula is C23H19FN2O3. The van der Waals surface area contributed by atoms with E-state index in [4.69, 9.17) is 9.26 Å². The van der Waals surface area contributed by atoms with Crippen molar-refractivity contribution < 1.29 is 13.7 Å². The number of halogens is 1. The first-order valence-corrected chi connectivity index (χ1v) is 9.24. The highest BCUT2D eigenvalue weighted by molar-refractivity contribution is 5.80. The Morgan fingerprint density at radius 1 is 0.931 bits per heavy atom. The molecule has 2 heterocycles. The fourth-order valence-electron chi connectivity index (χ4n) is 3.15. The summed E-state index contributed by atoms with van der Waals surface area (Å²) in [4.78, 5) is 16.7. The third kappa shape index (κ3) is 4.33. The Labute approximate surface area is 167 Å². The molecule has 0 saturated heterocycles. The maximum absolute atomic E-state index is 13.3. The summed E-state index contributed by atoms with van der Waals surface area (Å²) in [6, 6.07) is 19.3. The summed E-state index contributed by atoms with van der Waals surface area (Å²) in [5, 5.41) is 0. The van der Waals surface area contributed by atoms with Gasteiger partial charge in [0.05, 0.1) is 31.0 Å². The van der Waals surface area contributed by atoms with Crippen molar-refractivity contribution in [2.75, 3.05) is 6.61 Å². The molecule has 0 aliphatic carbocycles. The molecule has 29 heavy (non-hydrogen) atoms. The van der Waals surface area contributed by atoms with Gasteiger partial charge in [0.15, 0.2) is 0 Å². The van der Waals surface area contributed by atoms with Gasteiger partial charge in [0.2, 0.25) is 0 Å². The molecule has 146 valence electrons. The first-order valence-electron chi connectivity index (χ1n) is 9.24. The molecule has 4 aromatic rings. The molecule has 0 bridgehead atoms. The van der Waals surface area contributed by atoms with Crippen LogP contribution in [-0.4, -0.2) is 16.3 Å². The van der Waals surface area contributed by atoms with Gasteiger partial charge in [-0.2, -0.15) is 0 Å². The largest absolute Gasteiger partial charge is 0.375 e. The van der Waals surface area contributed by atoms with Gasteiger partial charge < -0.3 is 9.26 Å². The number of nitrogens with zero attached hydrogens (tertiary/aromatic N) is 2. The van der Waals surface area contributed by atoms with Gasteiger partial charge in [0.25, 0.3) is 0 Å². The van der Waals surface area contributed by atoms with E-state index < -0.39 is 5.63 Å². The average Bonchev–Trinajstić information content (AvgIpc) is 3.09. The summed E-state index contributed by atoms with van der Waals surface area (Å²) in [5.74, 6) is -0.364. The maximum atomic E-state index is 13.3. The third-order valence-corrected chi connectivity index (χ3v) is 4.52. The monoisotopic (exact) mass is 390 g/mol. The first-order chi connectivity index (χ1) is 14.2. The molecule has 0 spiro atoms. The van der Waals surface area contributed by atoms with E-state index in [1.165, 1.54) is 16.9 Å². The van der Waals surface area contributed by atoms with E-state index >= 15 is 0 Å². The SMILES string of the molecule is O=c1on(CCOCc2ccccc2)c(-c2ccncc2)c1-c1ccc(F)cc1. The highest BCUT2D eigenvalue weighted by Crippen LogP contribution is 2.30. The van der Waals surface area contributed by atoms with E-state index in [-0.39, 0.29) is 5.82 Å².